The predicted molar refractivity (Wildman–Crippen MR) is 93.6 cm³/mol. The summed E-state index contributed by atoms with van der Waals surface area (Å²) in [7, 11) is 0. The number of aromatic nitrogens is 1. The molecule has 0 unspecified atom stereocenters. The van der Waals surface area contributed by atoms with Gasteiger partial charge in [0, 0.05) is 13.0 Å². The third-order valence-electron chi connectivity index (χ3n) is 4.50. The van der Waals surface area contributed by atoms with Crippen molar-refractivity contribution in [1.29, 1.82) is 0 Å². The van der Waals surface area contributed by atoms with Crippen molar-refractivity contribution < 1.29 is 9.90 Å². The lowest BCUT2D eigenvalue weighted by Crippen LogP contribution is -2.38. The van der Waals surface area contributed by atoms with Crippen molar-refractivity contribution in [1.82, 2.24) is 10.3 Å². The number of carbonyl (C=O) groups excluding carboxylic acids is 1. The molecule has 0 atom stereocenters. The van der Waals surface area contributed by atoms with Crippen LogP contribution in [0.1, 0.15) is 50.0 Å². The van der Waals surface area contributed by atoms with Crippen LogP contribution in [-0.4, -0.2) is 28.1 Å². The van der Waals surface area contributed by atoms with Crippen LogP contribution < -0.4 is 5.32 Å². The molecule has 0 aliphatic heterocycles. The zero-order valence-electron chi connectivity index (χ0n) is 13.4. The van der Waals surface area contributed by atoms with E-state index < -0.39 is 5.60 Å². The zero-order chi connectivity index (χ0) is 16.1. The Labute approximate surface area is 140 Å². The van der Waals surface area contributed by atoms with E-state index >= 15 is 0 Å². The first-order chi connectivity index (χ1) is 11.1. The quantitative estimate of drug-likeness (QED) is 0.797. The van der Waals surface area contributed by atoms with Crippen LogP contribution in [0.5, 0.6) is 0 Å². The average Bonchev–Trinajstić information content (AvgIpc) is 2.94. The number of rotatable bonds is 6. The summed E-state index contributed by atoms with van der Waals surface area (Å²) >= 11 is 1.72. The molecular weight excluding hydrogens is 308 g/mol. The molecule has 124 valence electrons. The minimum Gasteiger partial charge on any atom is -0.389 e. The smallest absolute Gasteiger partial charge is 0.222 e. The number of fused-ring (bicyclic) bond motifs is 1. The molecule has 4 nitrogen and oxygen atoms in total. The van der Waals surface area contributed by atoms with Gasteiger partial charge in [-0.3, -0.25) is 4.79 Å². The van der Waals surface area contributed by atoms with Gasteiger partial charge in [-0.15, -0.1) is 11.3 Å². The van der Waals surface area contributed by atoms with Gasteiger partial charge in [-0.05, 0) is 31.4 Å². The van der Waals surface area contributed by atoms with Crippen LogP contribution in [0.25, 0.3) is 10.2 Å². The highest BCUT2D eigenvalue weighted by Crippen LogP contribution is 2.30. The summed E-state index contributed by atoms with van der Waals surface area (Å²) in [6.07, 6.45) is 6.75. The lowest BCUT2D eigenvalue weighted by Gasteiger charge is -2.31. The van der Waals surface area contributed by atoms with E-state index in [0.29, 0.717) is 6.54 Å². The number of thiazole rings is 1. The van der Waals surface area contributed by atoms with E-state index in [-0.39, 0.29) is 12.3 Å². The van der Waals surface area contributed by atoms with Gasteiger partial charge >= 0.3 is 0 Å². The molecule has 1 heterocycles. The summed E-state index contributed by atoms with van der Waals surface area (Å²) in [5.74, 6) is -0.0290. The fraction of sp³-hybridized carbons (Fsp3) is 0.556. The average molecular weight is 332 g/mol. The normalized spacial score (nSPS) is 17.3. The first-order valence-corrected chi connectivity index (χ1v) is 9.30. The fourth-order valence-corrected chi connectivity index (χ4v) is 4.25. The van der Waals surface area contributed by atoms with Crippen LogP contribution in [0.2, 0.25) is 0 Å². The van der Waals surface area contributed by atoms with E-state index in [1.807, 2.05) is 18.2 Å². The Hall–Kier alpha value is -1.46. The molecule has 2 N–H and O–H groups in total. The van der Waals surface area contributed by atoms with E-state index in [2.05, 4.69) is 16.4 Å². The topological polar surface area (TPSA) is 62.2 Å². The molecule has 0 spiro atoms. The van der Waals surface area contributed by atoms with E-state index in [9.17, 15) is 9.90 Å². The summed E-state index contributed by atoms with van der Waals surface area (Å²) in [6, 6.07) is 8.15. The number of aliphatic hydroxyl groups is 1. The highest BCUT2D eigenvalue weighted by atomic mass is 32.1. The van der Waals surface area contributed by atoms with Gasteiger partial charge in [0.05, 0.1) is 27.2 Å². The second-order valence-electron chi connectivity index (χ2n) is 6.49. The van der Waals surface area contributed by atoms with Gasteiger partial charge in [0.25, 0.3) is 0 Å². The van der Waals surface area contributed by atoms with Gasteiger partial charge in [0.2, 0.25) is 5.91 Å². The molecule has 0 radical (unpaired) electrons. The maximum atomic E-state index is 12.0. The number of amides is 1. The predicted octanol–water partition coefficient (Wildman–Crippen LogP) is 3.43. The monoisotopic (exact) mass is 332 g/mol. The Balaban J connectivity index is 1.40. The van der Waals surface area contributed by atoms with Crippen LogP contribution in [0, 0.1) is 0 Å². The van der Waals surface area contributed by atoms with Crippen molar-refractivity contribution in [2.45, 2.75) is 57.0 Å². The van der Waals surface area contributed by atoms with Crippen LogP contribution in [0.15, 0.2) is 24.3 Å². The van der Waals surface area contributed by atoms with E-state index in [4.69, 9.17) is 0 Å². The molecule has 1 aliphatic carbocycles. The molecule has 0 bridgehead atoms. The Morgan fingerprint density at radius 3 is 2.83 bits per heavy atom. The largest absolute Gasteiger partial charge is 0.389 e. The summed E-state index contributed by atoms with van der Waals surface area (Å²) in [5.41, 5.74) is 0.283. The Morgan fingerprint density at radius 1 is 1.26 bits per heavy atom. The Bertz CT molecular complexity index is 629. The van der Waals surface area contributed by atoms with E-state index in [1.165, 1.54) is 11.1 Å². The number of para-hydroxylation sites is 1. The molecule has 1 fully saturated rings. The number of nitrogens with one attached hydrogen (secondary N) is 1. The van der Waals surface area contributed by atoms with Crippen molar-refractivity contribution in [3.63, 3.8) is 0 Å². The van der Waals surface area contributed by atoms with Gasteiger partial charge in [0.15, 0.2) is 0 Å². The van der Waals surface area contributed by atoms with Gasteiger partial charge in [-0.1, -0.05) is 31.4 Å². The van der Waals surface area contributed by atoms with Crippen LogP contribution >= 0.6 is 11.3 Å². The lowest BCUT2D eigenvalue weighted by atomic mass is 9.82. The number of aryl methyl sites for hydroxylation is 1. The van der Waals surface area contributed by atoms with Crippen molar-refractivity contribution >= 4 is 27.5 Å². The minimum atomic E-state index is -0.768. The van der Waals surface area contributed by atoms with E-state index in [0.717, 1.165) is 49.0 Å². The maximum Gasteiger partial charge on any atom is 0.222 e. The Kier molecular flexibility index (Phi) is 5.28. The van der Waals surface area contributed by atoms with Crippen molar-refractivity contribution in [2.24, 2.45) is 0 Å². The second-order valence-corrected chi connectivity index (χ2v) is 7.61. The van der Waals surface area contributed by atoms with Crippen molar-refractivity contribution in [2.75, 3.05) is 6.54 Å². The van der Waals surface area contributed by atoms with Gasteiger partial charge in [0.1, 0.15) is 0 Å². The van der Waals surface area contributed by atoms with Gasteiger partial charge < -0.3 is 10.4 Å². The molecule has 23 heavy (non-hydrogen) atoms. The number of hydrogen-bond acceptors (Lipinski definition) is 4. The number of benzene rings is 1. The summed E-state index contributed by atoms with van der Waals surface area (Å²) < 4.78 is 1.21. The van der Waals surface area contributed by atoms with Gasteiger partial charge in [-0.2, -0.15) is 0 Å². The van der Waals surface area contributed by atoms with Crippen LogP contribution in [-0.2, 0) is 11.2 Å². The third kappa shape index (κ3) is 4.52. The highest BCUT2D eigenvalue weighted by Gasteiger charge is 2.31. The molecule has 1 aromatic heterocycles. The first-order valence-electron chi connectivity index (χ1n) is 8.48. The van der Waals surface area contributed by atoms with E-state index in [1.54, 1.807) is 11.3 Å². The molecule has 0 saturated heterocycles. The van der Waals surface area contributed by atoms with Crippen LogP contribution in [0.4, 0.5) is 0 Å². The SMILES string of the molecule is O=C(CC1(O)CCCCC1)NCCCc1nc2ccccc2s1. The molecule has 1 aromatic carbocycles. The number of hydrogen-bond donors (Lipinski definition) is 2. The fourth-order valence-electron chi connectivity index (χ4n) is 3.24. The molecule has 5 heteroatoms. The number of carbonyl (C=O) groups is 1. The Morgan fingerprint density at radius 2 is 2.04 bits per heavy atom. The van der Waals surface area contributed by atoms with Crippen LogP contribution in [0.3, 0.4) is 0 Å². The highest BCUT2D eigenvalue weighted by molar-refractivity contribution is 7.18. The zero-order valence-corrected chi connectivity index (χ0v) is 14.2. The van der Waals surface area contributed by atoms with Crippen molar-refractivity contribution in [3.05, 3.63) is 29.3 Å². The molecule has 1 aliphatic rings. The maximum absolute atomic E-state index is 12.0. The summed E-state index contributed by atoms with van der Waals surface area (Å²) in [6.45, 7) is 0.644. The first kappa shape index (κ1) is 16.4. The lowest BCUT2D eigenvalue weighted by molar-refractivity contribution is -0.127. The summed E-state index contributed by atoms with van der Waals surface area (Å²) in [4.78, 5) is 16.6. The standard InChI is InChI=1S/C18H24N2O2S/c21-16(13-18(22)10-4-1-5-11-18)19-12-6-9-17-20-14-7-2-3-8-15(14)23-17/h2-3,7-8,22H,1,4-6,9-13H2,(H,19,21). The number of nitrogens with zero attached hydrogens (tertiary/aromatic N) is 1. The summed E-state index contributed by atoms with van der Waals surface area (Å²) in [5, 5.41) is 14.4. The minimum absolute atomic E-state index is 0.0290. The molecule has 1 amide bonds. The third-order valence-corrected chi connectivity index (χ3v) is 5.60. The molecular formula is C18H24N2O2S. The van der Waals surface area contributed by atoms with Gasteiger partial charge in [-0.25, -0.2) is 4.98 Å². The molecule has 2 aromatic rings. The van der Waals surface area contributed by atoms with Crippen molar-refractivity contribution in [3.8, 4) is 0 Å². The molecule has 3 rings (SSSR count). The second kappa shape index (κ2) is 7.41. The molecule has 1 saturated carbocycles.